The summed E-state index contributed by atoms with van der Waals surface area (Å²) < 4.78 is 0. The van der Waals surface area contributed by atoms with Crippen LogP contribution in [0.1, 0.15) is 27.5 Å². The van der Waals surface area contributed by atoms with Crippen LogP contribution in [0.2, 0.25) is 0 Å². The minimum Gasteiger partial charge on any atom is -0.272 e. The summed E-state index contributed by atoms with van der Waals surface area (Å²) in [5, 5.41) is 6.14. The van der Waals surface area contributed by atoms with Gasteiger partial charge in [0.1, 0.15) is 0 Å². The molecule has 1 heterocycles. The molecule has 1 amide bonds. The number of carbonyl (C=O) groups excluding carboxylic acids is 1. The van der Waals surface area contributed by atoms with Crippen LogP contribution >= 0.6 is 11.3 Å². The molecule has 0 unspecified atom stereocenters. The summed E-state index contributed by atoms with van der Waals surface area (Å²) in [5.74, 6) is -0.521. The molecule has 0 aliphatic heterocycles. The van der Waals surface area contributed by atoms with Crippen molar-refractivity contribution in [2.75, 3.05) is 0 Å². The van der Waals surface area contributed by atoms with Gasteiger partial charge in [0, 0.05) is 4.88 Å². The first-order valence-corrected chi connectivity index (χ1v) is 8.60. The zero-order valence-electron chi connectivity index (χ0n) is 13.3. The van der Waals surface area contributed by atoms with Crippen LogP contribution in [0.15, 0.2) is 77.2 Å². The highest BCUT2D eigenvalue weighted by Gasteiger charge is 2.22. The number of hydrogen-bond acceptors (Lipinski definition) is 3. The van der Waals surface area contributed by atoms with Crippen molar-refractivity contribution in [1.82, 2.24) is 5.43 Å². The van der Waals surface area contributed by atoms with Crippen molar-refractivity contribution in [2.24, 2.45) is 5.10 Å². The Kier molecular flexibility index (Phi) is 5.18. The predicted octanol–water partition coefficient (Wildman–Crippen LogP) is 4.34. The van der Waals surface area contributed by atoms with E-state index in [0.29, 0.717) is 0 Å². The van der Waals surface area contributed by atoms with Crippen molar-refractivity contribution >= 4 is 23.5 Å². The molecule has 120 valence electrons. The Morgan fingerprint density at radius 3 is 2.08 bits per heavy atom. The first-order valence-electron chi connectivity index (χ1n) is 7.72. The van der Waals surface area contributed by atoms with E-state index in [1.165, 1.54) is 0 Å². The highest BCUT2D eigenvalue weighted by molar-refractivity contribution is 7.11. The summed E-state index contributed by atoms with van der Waals surface area (Å²) in [7, 11) is 0. The Balaban J connectivity index is 1.82. The molecule has 0 saturated heterocycles. The lowest BCUT2D eigenvalue weighted by Gasteiger charge is -2.16. The maximum Gasteiger partial charge on any atom is 0.252 e. The summed E-state index contributed by atoms with van der Waals surface area (Å²) in [5.41, 5.74) is 5.73. The quantitative estimate of drug-likeness (QED) is 0.547. The van der Waals surface area contributed by atoms with Gasteiger partial charge in [-0.15, -0.1) is 11.3 Å². The highest BCUT2D eigenvalue weighted by Crippen LogP contribution is 2.24. The van der Waals surface area contributed by atoms with Gasteiger partial charge in [-0.05, 0) is 35.1 Å². The van der Waals surface area contributed by atoms with E-state index in [1.807, 2.05) is 79.0 Å². The molecule has 0 spiro atoms. The van der Waals surface area contributed by atoms with E-state index in [9.17, 15) is 4.79 Å². The molecule has 0 aliphatic rings. The average molecular weight is 334 g/mol. The smallest absolute Gasteiger partial charge is 0.252 e. The van der Waals surface area contributed by atoms with E-state index < -0.39 is 0 Å². The zero-order valence-corrected chi connectivity index (χ0v) is 14.2. The predicted molar refractivity (Wildman–Crippen MR) is 99.5 cm³/mol. The van der Waals surface area contributed by atoms with E-state index in [4.69, 9.17) is 0 Å². The van der Waals surface area contributed by atoms with Crippen molar-refractivity contribution < 1.29 is 4.79 Å². The van der Waals surface area contributed by atoms with Crippen molar-refractivity contribution in [1.29, 1.82) is 0 Å². The summed E-state index contributed by atoms with van der Waals surface area (Å²) in [6.45, 7) is 2.02. The van der Waals surface area contributed by atoms with E-state index in [0.717, 1.165) is 21.6 Å². The molecule has 0 bridgehead atoms. The van der Waals surface area contributed by atoms with Gasteiger partial charge in [0.15, 0.2) is 0 Å². The fourth-order valence-corrected chi connectivity index (χ4v) is 3.31. The number of carbonyl (C=O) groups is 1. The molecule has 3 rings (SSSR count). The molecule has 3 nitrogen and oxygen atoms in total. The third-order valence-corrected chi connectivity index (χ3v) is 4.74. The van der Waals surface area contributed by atoms with E-state index in [2.05, 4.69) is 10.5 Å². The fourth-order valence-electron chi connectivity index (χ4n) is 2.52. The van der Waals surface area contributed by atoms with Gasteiger partial charge in [0.05, 0.1) is 12.1 Å². The van der Waals surface area contributed by atoms with Gasteiger partial charge >= 0.3 is 0 Å². The van der Waals surface area contributed by atoms with E-state index in [-0.39, 0.29) is 11.8 Å². The van der Waals surface area contributed by atoms with Gasteiger partial charge in [-0.1, -0.05) is 60.7 Å². The van der Waals surface area contributed by atoms with Crippen molar-refractivity contribution in [2.45, 2.75) is 12.8 Å². The highest BCUT2D eigenvalue weighted by atomic mass is 32.1. The maximum atomic E-state index is 12.7. The Hall–Kier alpha value is -2.72. The zero-order chi connectivity index (χ0) is 16.8. The number of nitrogens with zero attached hydrogens (tertiary/aromatic N) is 1. The topological polar surface area (TPSA) is 41.5 Å². The molecule has 0 fully saturated rings. The molecule has 0 saturated carbocycles. The number of benzene rings is 2. The lowest BCUT2D eigenvalue weighted by Crippen LogP contribution is -2.26. The van der Waals surface area contributed by atoms with Crippen molar-refractivity contribution in [3.05, 3.63) is 93.7 Å². The second-order valence-corrected chi connectivity index (χ2v) is 6.40. The number of rotatable bonds is 5. The van der Waals surface area contributed by atoms with Crippen molar-refractivity contribution in [3.8, 4) is 0 Å². The monoisotopic (exact) mass is 334 g/mol. The second kappa shape index (κ2) is 7.70. The first kappa shape index (κ1) is 16.1. The Bertz CT molecular complexity index is 786. The number of aryl methyl sites for hydroxylation is 1. The number of thiophene rings is 1. The first-order chi connectivity index (χ1) is 11.8. The largest absolute Gasteiger partial charge is 0.272 e. The molecule has 24 heavy (non-hydrogen) atoms. The average Bonchev–Trinajstić information content (AvgIpc) is 3.02. The number of amides is 1. The van der Waals surface area contributed by atoms with Crippen LogP contribution in [-0.4, -0.2) is 12.1 Å². The van der Waals surface area contributed by atoms with Gasteiger partial charge in [-0.2, -0.15) is 5.10 Å². The maximum absolute atomic E-state index is 12.7. The van der Waals surface area contributed by atoms with Crippen LogP contribution in [0.4, 0.5) is 0 Å². The second-order valence-electron chi connectivity index (χ2n) is 5.46. The standard InChI is InChI=1S/C20H18N2OS/c1-15-12-13-24-18(15)14-21-22-20(23)19(16-8-4-2-5-9-16)17-10-6-3-7-11-17/h2-14,19H,1H3,(H,22,23). The Morgan fingerprint density at radius 1 is 1.00 bits per heavy atom. The number of hydrogen-bond donors (Lipinski definition) is 1. The van der Waals surface area contributed by atoms with Gasteiger partial charge in [-0.3, -0.25) is 4.79 Å². The van der Waals surface area contributed by atoms with Gasteiger partial charge in [0.2, 0.25) is 0 Å². The van der Waals surface area contributed by atoms with E-state index in [1.54, 1.807) is 17.6 Å². The summed E-state index contributed by atoms with van der Waals surface area (Å²) >= 11 is 1.60. The summed E-state index contributed by atoms with van der Waals surface area (Å²) in [6.07, 6.45) is 1.70. The molecule has 2 aromatic carbocycles. The van der Waals surface area contributed by atoms with Crippen LogP contribution in [0, 0.1) is 6.92 Å². The Morgan fingerprint density at radius 2 is 1.58 bits per heavy atom. The van der Waals surface area contributed by atoms with Gasteiger partial charge < -0.3 is 0 Å². The van der Waals surface area contributed by atoms with Crippen LogP contribution in [0.5, 0.6) is 0 Å². The number of hydrazone groups is 1. The fraction of sp³-hybridized carbons (Fsp3) is 0.100. The molecular formula is C20H18N2OS. The lowest BCUT2D eigenvalue weighted by atomic mass is 9.91. The summed E-state index contributed by atoms with van der Waals surface area (Å²) in [6, 6.07) is 21.5. The molecule has 0 atom stereocenters. The normalized spacial score (nSPS) is 11.1. The minimum atomic E-state index is -0.381. The lowest BCUT2D eigenvalue weighted by molar-refractivity contribution is -0.121. The molecular weight excluding hydrogens is 316 g/mol. The Labute approximate surface area is 145 Å². The number of nitrogens with one attached hydrogen (secondary N) is 1. The van der Waals surface area contributed by atoms with Crippen LogP contribution in [0.3, 0.4) is 0 Å². The van der Waals surface area contributed by atoms with Crippen molar-refractivity contribution in [3.63, 3.8) is 0 Å². The summed E-state index contributed by atoms with van der Waals surface area (Å²) in [4.78, 5) is 13.8. The van der Waals surface area contributed by atoms with Crippen LogP contribution < -0.4 is 5.43 Å². The molecule has 3 aromatic rings. The molecule has 1 N–H and O–H groups in total. The third-order valence-electron chi connectivity index (χ3n) is 3.79. The van der Waals surface area contributed by atoms with Gasteiger partial charge in [0.25, 0.3) is 5.91 Å². The van der Waals surface area contributed by atoms with Crippen LogP contribution in [0.25, 0.3) is 0 Å². The van der Waals surface area contributed by atoms with Crippen LogP contribution in [-0.2, 0) is 4.79 Å². The minimum absolute atomic E-state index is 0.141. The van der Waals surface area contributed by atoms with Gasteiger partial charge in [-0.25, -0.2) is 5.43 Å². The molecule has 0 radical (unpaired) electrons. The molecule has 4 heteroatoms. The molecule has 0 aliphatic carbocycles. The SMILES string of the molecule is Cc1ccsc1C=NNC(=O)C(c1ccccc1)c1ccccc1. The van der Waals surface area contributed by atoms with E-state index >= 15 is 0 Å². The molecule has 1 aromatic heterocycles. The third kappa shape index (κ3) is 3.78.